The zero-order valence-electron chi connectivity index (χ0n) is 13.7. The quantitative estimate of drug-likeness (QED) is 0.832. The smallest absolute Gasteiger partial charge is 0.239 e. The summed E-state index contributed by atoms with van der Waals surface area (Å²) in [5.74, 6) is -0.744. The van der Waals surface area contributed by atoms with Crippen molar-refractivity contribution in [1.82, 2.24) is 9.71 Å². The predicted octanol–water partition coefficient (Wildman–Crippen LogP) is 2.37. The lowest BCUT2D eigenvalue weighted by Crippen LogP contribution is -2.38. The average molecular weight is 380 g/mol. The summed E-state index contributed by atoms with van der Waals surface area (Å²) in [7, 11) is -3.69. The lowest BCUT2D eigenvalue weighted by molar-refractivity contribution is -0.118. The molecule has 1 saturated heterocycles. The van der Waals surface area contributed by atoms with Gasteiger partial charge in [0, 0.05) is 17.6 Å². The number of sulfonamides is 1. The number of carbonyl (C=O) groups excluding carboxylic acids is 1. The number of rotatable bonds is 6. The van der Waals surface area contributed by atoms with E-state index >= 15 is 0 Å². The molecular weight excluding hydrogens is 360 g/mol. The van der Waals surface area contributed by atoms with E-state index in [9.17, 15) is 13.2 Å². The summed E-state index contributed by atoms with van der Waals surface area (Å²) >= 11 is 1.43. The van der Waals surface area contributed by atoms with Gasteiger partial charge >= 0.3 is 0 Å². The van der Waals surface area contributed by atoms with Crippen LogP contribution in [0, 0.1) is 0 Å². The largest absolute Gasteiger partial charge is 0.377 e. The Morgan fingerprint density at radius 2 is 2.08 bits per heavy atom. The molecule has 0 aliphatic carbocycles. The number of thiazole rings is 1. The molecule has 0 unspecified atom stereocenters. The van der Waals surface area contributed by atoms with Crippen LogP contribution in [-0.4, -0.2) is 37.8 Å². The minimum absolute atomic E-state index is 0.0614. The fraction of sp³-hybridized carbons (Fsp3) is 0.412. The molecule has 2 heterocycles. The summed E-state index contributed by atoms with van der Waals surface area (Å²) in [6.45, 7) is 0.579. The fourth-order valence-corrected chi connectivity index (χ4v) is 4.78. The zero-order valence-corrected chi connectivity index (χ0v) is 15.3. The Balaban J connectivity index is 1.56. The zero-order chi connectivity index (χ0) is 17.7. The Labute approximate surface area is 151 Å². The normalized spacial score (nSPS) is 18.0. The number of hydrogen-bond donors (Lipinski definition) is 1. The van der Waals surface area contributed by atoms with Crippen molar-refractivity contribution in [3.63, 3.8) is 0 Å². The fourth-order valence-electron chi connectivity index (χ4n) is 2.70. The van der Waals surface area contributed by atoms with Crippen molar-refractivity contribution >= 4 is 27.3 Å². The maximum absolute atomic E-state index is 12.1. The van der Waals surface area contributed by atoms with E-state index in [1.165, 1.54) is 11.3 Å². The number of benzene rings is 1. The van der Waals surface area contributed by atoms with Gasteiger partial charge in [0.2, 0.25) is 15.9 Å². The molecule has 134 valence electrons. The van der Waals surface area contributed by atoms with Crippen LogP contribution < -0.4 is 4.72 Å². The minimum atomic E-state index is -3.69. The summed E-state index contributed by atoms with van der Waals surface area (Å²) in [5, 5.41) is 2.58. The van der Waals surface area contributed by atoms with E-state index in [4.69, 9.17) is 4.74 Å². The Kier molecular flexibility index (Phi) is 5.82. The first kappa shape index (κ1) is 18.0. The number of ether oxygens (including phenoxy) is 1. The van der Waals surface area contributed by atoms with Gasteiger partial charge in [-0.3, -0.25) is 9.52 Å². The second-order valence-corrected chi connectivity index (χ2v) is 8.61. The van der Waals surface area contributed by atoms with Crippen LogP contribution in [0.5, 0.6) is 0 Å². The molecule has 8 heteroatoms. The molecule has 1 aliphatic heterocycles. The minimum Gasteiger partial charge on any atom is -0.377 e. The Hall–Kier alpha value is -1.77. The van der Waals surface area contributed by atoms with Gasteiger partial charge < -0.3 is 4.74 Å². The molecule has 3 rings (SSSR count). The predicted molar refractivity (Wildman–Crippen MR) is 96.8 cm³/mol. The van der Waals surface area contributed by atoms with Gasteiger partial charge in [-0.25, -0.2) is 13.4 Å². The molecule has 25 heavy (non-hydrogen) atoms. The highest BCUT2D eigenvalue weighted by Crippen LogP contribution is 2.23. The number of nitrogens with one attached hydrogen (secondary N) is 1. The molecule has 2 aromatic rings. The number of aromatic nitrogens is 1. The van der Waals surface area contributed by atoms with E-state index in [-0.39, 0.29) is 18.3 Å². The number of carbonyl (C=O) groups is 1. The first-order valence-electron chi connectivity index (χ1n) is 8.16. The standard InChI is InChI=1S/C17H20N2O4S2/c20-16(19-25(21,22)12-15-8-4-5-9-23-15)10-14-11-24-17(18-14)13-6-2-1-3-7-13/h1-3,6-7,11,15H,4-5,8-10,12H2,(H,19,20)/t15-/m1/s1. The average Bonchev–Trinajstić information content (AvgIpc) is 3.04. The number of nitrogens with zero attached hydrogens (tertiary/aromatic N) is 1. The van der Waals surface area contributed by atoms with E-state index in [1.54, 1.807) is 5.38 Å². The first-order chi connectivity index (χ1) is 12.0. The van der Waals surface area contributed by atoms with Crippen molar-refractivity contribution in [3.8, 4) is 10.6 Å². The molecule has 1 atom stereocenters. The maximum atomic E-state index is 12.1. The highest BCUT2D eigenvalue weighted by molar-refractivity contribution is 7.90. The molecule has 1 aromatic heterocycles. The number of hydrogen-bond acceptors (Lipinski definition) is 6. The van der Waals surface area contributed by atoms with Crippen LogP contribution in [0.25, 0.3) is 10.6 Å². The summed E-state index contributed by atoms with van der Waals surface area (Å²) in [6.07, 6.45) is 2.23. The van der Waals surface area contributed by atoms with Crippen LogP contribution in [0.2, 0.25) is 0 Å². The van der Waals surface area contributed by atoms with Crippen LogP contribution in [0.15, 0.2) is 35.7 Å². The molecule has 0 spiro atoms. The van der Waals surface area contributed by atoms with Crippen LogP contribution >= 0.6 is 11.3 Å². The topological polar surface area (TPSA) is 85.4 Å². The monoisotopic (exact) mass is 380 g/mol. The molecule has 0 bridgehead atoms. The third kappa shape index (κ3) is 5.35. The summed E-state index contributed by atoms with van der Waals surface area (Å²) < 4.78 is 31.7. The molecule has 1 N–H and O–H groups in total. The Morgan fingerprint density at radius 1 is 1.28 bits per heavy atom. The molecule has 1 amide bonds. The van der Waals surface area contributed by atoms with Gasteiger partial charge in [-0.05, 0) is 19.3 Å². The van der Waals surface area contributed by atoms with Gasteiger partial charge in [0.25, 0.3) is 0 Å². The lowest BCUT2D eigenvalue weighted by Gasteiger charge is -2.22. The lowest BCUT2D eigenvalue weighted by atomic mass is 10.1. The van der Waals surface area contributed by atoms with E-state index < -0.39 is 15.9 Å². The SMILES string of the molecule is O=C(Cc1csc(-c2ccccc2)n1)NS(=O)(=O)C[C@H]1CCCCO1. The maximum Gasteiger partial charge on any atom is 0.239 e. The van der Waals surface area contributed by atoms with E-state index in [1.807, 2.05) is 30.3 Å². The molecule has 1 fully saturated rings. The second-order valence-electron chi connectivity index (χ2n) is 5.98. The molecule has 1 aliphatic rings. The molecule has 0 radical (unpaired) electrons. The van der Waals surface area contributed by atoms with Gasteiger partial charge in [0.15, 0.2) is 0 Å². The summed E-state index contributed by atoms with van der Waals surface area (Å²) in [4.78, 5) is 16.5. The van der Waals surface area contributed by atoms with Crippen molar-refractivity contribution in [1.29, 1.82) is 0 Å². The van der Waals surface area contributed by atoms with Crippen molar-refractivity contribution in [3.05, 3.63) is 41.4 Å². The van der Waals surface area contributed by atoms with E-state index in [0.29, 0.717) is 18.7 Å². The Morgan fingerprint density at radius 3 is 2.80 bits per heavy atom. The Bertz CT molecular complexity index is 812. The molecule has 0 saturated carbocycles. The molecule has 1 aromatic carbocycles. The van der Waals surface area contributed by atoms with Crippen molar-refractivity contribution < 1.29 is 17.9 Å². The second kappa shape index (κ2) is 8.07. The highest BCUT2D eigenvalue weighted by Gasteiger charge is 2.24. The van der Waals surface area contributed by atoms with Crippen molar-refractivity contribution in [2.24, 2.45) is 0 Å². The van der Waals surface area contributed by atoms with E-state index in [2.05, 4.69) is 9.71 Å². The van der Waals surface area contributed by atoms with Gasteiger partial charge in [-0.1, -0.05) is 30.3 Å². The third-order valence-corrected chi connectivity index (χ3v) is 6.15. The van der Waals surface area contributed by atoms with Crippen molar-refractivity contribution in [2.75, 3.05) is 12.4 Å². The molecular formula is C17H20N2O4S2. The van der Waals surface area contributed by atoms with Crippen LogP contribution in [0.1, 0.15) is 25.0 Å². The van der Waals surface area contributed by atoms with Crippen LogP contribution in [0.3, 0.4) is 0 Å². The highest BCUT2D eigenvalue weighted by atomic mass is 32.2. The van der Waals surface area contributed by atoms with Crippen molar-refractivity contribution in [2.45, 2.75) is 31.8 Å². The van der Waals surface area contributed by atoms with Gasteiger partial charge in [-0.2, -0.15) is 0 Å². The number of amides is 1. The first-order valence-corrected chi connectivity index (χ1v) is 10.7. The van der Waals surface area contributed by atoms with Crippen LogP contribution in [0.4, 0.5) is 0 Å². The molecule has 6 nitrogen and oxygen atoms in total. The van der Waals surface area contributed by atoms with Crippen LogP contribution in [-0.2, 0) is 26.0 Å². The van der Waals surface area contributed by atoms with Gasteiger partial charge in [0.05, 0.1) is 24.0 Å². The summed E-state index contributed by atoms with van der Waals surface area (Å²) in [6, 6.07) is 9.65. The van der Waals surface area contributed by atoms with Gasteiger partial charge in [-0.15, -0.1) is 11.3 Å². The van der Waals surface area contributed by atoms with E-state index in [0.717, 1.165) is 23.4 Å². The van der Waals surface area contributed by atoms with Gasteiger partial charge in [0.1, 0.15) is 5.01 Å². The third-order valence-electron chi connectivity index (χ3n) is 3.86. The summed E-state index contributed by atoms with van der Waals surface area (Å²) in [5.41, 5.74) is 1.53.